The van der Waals surface area contributed by atoms with Gasteiger partial charge in [0.2, 0.25) is 5.91 Å². The highest BCUT2D eigenvalue weighted by Crippen LogP contribution is 2.23. The fourth-order valence-electron chi connectivity index (χ4n) is 3.58. The van der Waals surface area contributed by atoms with Crippen molar-refractivity contribution in [2.45, 2.75) is 38.8 Å². The zero-order chi connectivity index (χ0) is 15.6. The molecule has 0 aromatic rings. The van der Waals surface area contributed by atoms with E-state index < -0.39 is 12.1 Å². The van der Waals surface area contributed by atoms with E-state index in [1.165, 1.54) is 7.11 Å². The molecule has 0 aliphatic carbocycles. The minimum atomic E-state index is -0.568. The Morgan fingerprint density at radius 3 is 2.33 bits per heavy atom. The minimum absolute atomic E-state index is 0.0383. The lowest BCUT2D eigenvalue weighted by atomic mass is 9.92. The number of β-amino-alcohol motifs (C(OH)–C–C–N with tert-alkyl or cyclic N) is 1. The smallest absolute Gasteiger partial charge is 0.323 e. The molecule has 0 aromatic carbocycles. The van der Waals surface area contributed by atoms with Gasteiger partial charge in [0, 0.05) is 26.1 Å². The fourth-order valence-corrected chi connectivity index (χ4v) is 3.58. The molecule has 4 atom stereocenters. The summed E-state index contributed by atoms with van der Waals surface area (Å²) in [6, 6.07) is -0.506. The molecule has 2 unspecified atom stereocenters. The van der Waals surface area contributed by atoms with Gasteiger partial charge in [-0.3, -0.25) is 14.5 Å². The van der Waals surface area contributed by atoms with Gasteiger partial charge < -0.3 is 14.7 Å². The van der Waals surface area contributed by atoms with Crippen LogP contribution in [0.4, 0.5) is 0 Å². The Balaban J connectivity index is 1.96. The molecule has 0 bridgehead atoms. The van der Waals surface area contributed by atoms with Gasteiger partial charge in [0.15, 0.2) is 0 Å². The van der Waals surface area contributed by atoms with Crippen LogP contribution in [0.2, 0.25) is 0 Å². The van der Waals surface area contributed by atoms with Crippen LogP contribution in [0.5, 0.6) is 0 Å². The summed E-state index contributed by atoms with van der Waals surface area (Å²) in [4.78, 5) is 27.8. The summed E-state index contributed by atoms with van der Waals surface area (Å²) < 4.78 is 4.76. The number of hydrogen-bond donors (Lipinski definition) is 1. The average Bonchev–Trinajstić information content (AvgIpc) is 2.77. The van der Waals surface area contributed by atoms with Crippen molar-refractivity contribution in [1.82, 2.24) is 9.80 Å². The van der Waals surface area contributed by atoms with Crippen LogP contribution in [0.1, 0.15) is 26.7 Å². The van der Waals surface area contributed by atoms with Crippen LogP contribution in [0.25, 0.3) is 0 Å². The van der Waals surface area contributed by atoms with E-state index in [9.17, 15) is 14.7 Å². The zero-order valence-corrected chi connectivity index (χ0v) is 13.1. The van der Waals surface area contributed by atoms with Gasteiger partial charge in [-0.25, -0.2) is 0 Å². The summed E-state index contributed by atoms with van der Waals surface area (Å²) in [6.07, 6.45) is 0.921. The number of piperidine rings is 1. The van der Waals surface area contributed by atoms with E-state index in [0.717, 1.165) is 19.5 Å². The predicted molar refractivity (Wildman–Crippen MR) is 77.5 cm³/mol. The van der Waals surface area contributed by atoms with Crippen LogP contribution in [-0.4, -0.2) is 72.2 Å². The molecule has 0 radical (unpaired) electrons. The van der Waals surface area contributed by atoms with E-state index in [0.29, 0.717) is 24.8 Å². The van der Waals surface area contributed by atoms with Crippen LogP contribution >= 0.6 is 0 Å². The lowest BCUT2D eigenvalue weighted by molar-refractivity contribution is -0.147. The Kier molecular flexibility index (Phi) is 5.22. The lowest BCUT2D eigenvalue weighted by Crippen LogP contribution is -2.49. The third-order valence-electron chi connectivity index (χ3n) is 4.41. The predicted octanol–water partition coefficient (Wildman–Crippen LogP) is 0.0991. The number of esters is 1. The van der Waals surface area contributed by atoms with Gasteiger partial charge in [-0.1, -0.05) is 13.8 Å². The Morgan fingerprint density at radius 1 is 1.14 bits per heavy atom. The molecule has 2 fully saturated rings. The summed E-state index contributed by atoms with van der Waals surface area (Å²) in [5.74, 6) is 0.688. The number of aliphatic hydroxyl groups is 1. The molecule has 6 nitrogen and oxygen atoms in total. The normalized spacial score (nSPS) is 34.0. The van der Waals surface area contributed by atoms with Gasteiger partial charge in [0.1, 0.15) is 6.04 Å². The first-order valence-electron chi connectivity index (χ1n) is 7.68. The van der Waals surface area contributed by atoms with E-state index in [4.69, 9.17) is 4.74 Å². The van der Waals surface area contributed by atoms with Crippen molar-refractivity contribution in [1.29, 1.82) is 0 Å². The molecule has 2 aliphatic rings. The third-order valence-corrected chi connectivity index (χ3v) is 4.41. The fraction of sp³-hybridized carbons (Fsp3) is 0.867. The molecule has 2 aliphatic heterocycles. The quantitative estimate of drug-likeness (QED) is 0.748. The van der Waals surface area contributed by atoms with Crippen molar-refractivity contribution >= 4 is 11.9 Å². The summed E-state index contributed by atoms with van der Waals surface area (Å²) >= 11 is 0. The molecule has 21 heavy (non-hydrogen) atoms. The molecule has 1 N–H and O–H groups in total. The number of aliphatic hydroxyl groups excluding tert-OH is 1. The van der Waals surface area contributed by atoms with Gasteiger partial charge in [-0.2, -0.15) is 0 Å². The lowest BCUT2D eigenvalue weighted by Gasteiger charge is -2.36. The first kappa shape index (κ1) is 16.2. The monoisotopic (exact) mass is 298 g/mol. The Labute approximate surface area is 126 Å². The van der Waals surface area contributed by atoms with E-state index in [1.807, 2.05) is 4.90 Å². The molecule has 6 heteroatoms. The van der Waals surface area contributed by atoms with Crippen molar-refractivity contribution in [3.8, 4) is 0 Å². The number of methoxy groups -OCH3 is 1. The Bertz CT molecular complexity index is 391. The maximum atomic E-state index is 12.5. The zero-order valence-electron chi connectivity index (χ0n) is 13.1. The van der Waals surface area contributed by atoms with Crippen LogP contribution in [0, 0.1) is 11.8 Å². The maximum absolute atomic E-state index is 12.5. The number of hydrogen-bond acceptors (Lipinski definition) is 5. The van der Waals surface area contributed by atoms with Gasteiger partial charge in [0.25, 0.3) is 0 Å². The van der Waals surface area contributed by atoms with Crippen molar-refractivity contribution in [2.24, 2.45) is 11.8 Å². The number of carbonyl (C=O) groups is 2. The summed E-state index contributed by atoms with van der Waals surface area (Å²) in [5.41, 5.74) is 0. The van der Waals surface area contributed by atoms with E-state index >= 15 is 0 Å². The Morgan fingerprint density at radius 2 is 1.76 bits per heavy atom. The van der Waals surface area contributed by atoms with Crippen LogP contribution in [0.15, 0.2) is 0 Å². The largest absolute Gasteiger partial charge is 0.468 e. The van der Waals surface area contributed by atoms with Crippen LogP contribution in [0.3, 0.4) is 0 Å². The molecular formula is C15H26N2O4. The first-order chi connectivity index (χ1) is 9.90. The van der Waals surface area contributed by atoms with Gasteiger partial charge in [-0.15, -0.1) is 0 Å². The molecule has 0 spiro atoms. The number of rotatable bonds is 3. The van der Waals surface area contributed by atoms with Crippen molar-refractivity contribution < 1.29 is 19.4 Å². The van der Waals surface area contributed by atoms with E-state index in [1.54, 1.807) is 4.90 Å². The number of amides is 1. The number of nitrogens with zero attached hydrogens (tertiary/aromatic N) is 2. The summed E-state index contributed by atoms with van der Waals surface area (Å²) in [6.45, 7) is 6.41. The second-order valence-corrected chi connectivity index (χ2v) is 6.60. The molecule has 0 saturated carbocycles. The van der Waals surface area contributed by atoms with Crippen LogP contribution < -0.4 is 0 Å². The Hall–Kier alpha value is -1.14. The maximum Gasteiger partial charge on any atom is 0.323 e. The molecule has 2 heterocycles. The number of likely N-dealkylation sites (tertiary alicyclic amines) is 2. The third kappa shape index (κ3) is 3.95. The van der Waals surface area contributed by atoms with E-state index in [-0.39, 0.29) is 18.4 Å². The van der Waals surface area contributed by atoms with Crippen molar-refractivity contribution in [3.63, 3.8) is 0 Å². The molecule has 2 saturated heterocycles. The average molecular weight is 298 g/mol. The number of ether oxygens (including phenoxy) is 1. The molecule has 1 amide bonds. The van der Waals surface area contributed by atoms with Crippen molar-refractivity contribution in [2.75, 3.05) is 33.3 Å². The highest BCUT2D eigenvalue weighted by atomic mass is 16.5. The van der Waals surface area contributed by atoms with Crippen LogP contribution in [-0.2, 0) is 14.3 Å². The second kappa shape index (κ2) is 6.75. The van der Waals surface area contributed by atoms with E-state index in [2.05, 4.69) is 13.8 Å². The first-order valence-corrected chi connectivity index (χ1v) is 7.68. The number of carbonyl (C=O) groups excluding carboxylic acids is 2. The highest BCUT2D eigenvalue weighted by Gasteiger charge is 2.38. The summed E-state index contributed by atoms with van der Waals surface area (Å²) in [7, 11) is 1.33. The van der Waals surface area contributed by atoms with Gasteiger partial charge >= 0.3 is 5.97 Å². The molecule has 0 aromatic heterocycles. The minimum Gasteiger partial charge on any atom is -0.468 e. The summed E-state index contributed by atoms with van der Waals surface area (Å²) in [5, 5.41) is 9.75. The molecule has 120 valence electrons. The van der Waals surface area contributed by atoms with Crippen molar-refractivity contribution in [3.05, 3.63) is 0 Å². The van der Waals surface area contributed by atoms with Gasteiger partial charge in [0.05, 0.1) is 19.8 Å². The SMILES string of the molecule is COC(=O)[C@@H]1C[C@@H](O)CN1CC(=O)N1CC(C)CC(C)C1. The standard InChI is InChI=1S/C15H26N2O4/c1-10-4-11(2)7-17(6-10)14(19)9-16-8-12(18)5-13(16)15(20)21-3/h10-13,18H,4-9H2,1-3H3/t10?,11?,12-,13+/m1/s1. The molecule has 2 rings (SSSR count). The van der Waals surface area contributed by atoms with Gasteiger partial charge in [-0.05, 0) is 18.3 Å². The highest BCUT2D eigenvalue weighted by molar-refractivity contribution is 5.81. The molecular weight excluding hydrogens is 272 g/mol. The second-order valence-electron chi connectivity index (χ2n) is 6.60. The topological polar surface area (TPSA) is 70.1 Å².